The fraction of sp³-hybridized carbons (Fsp3) is 0.944. The number of ether oxygens (including phenoxy) is 1. The molecule has 2 heteroatoms. The van der Waals surface area contributed by atoms with Gasteiger partial charge in [0.2, 0.25) is 0 Å². The second-order valence-corrected chi connectivity index (χ2v) is 8.26. The summed E-state index contributed by atoms with van der Waals surface area (Å²) in [6, 6.07) is 0. The Hall–Kier alpha value is -0.530. The average molecular weight is 278 g/mol. The summed E-state index contributed by atoms with van der Waals surface area (Å²) < 4.78 is 5.56. The fourth-order valence-corrected chi connectivity index (χ4v) is 5.14. The number of esters is 1. The van der Waals surface area contributed by atoms with Crippen molar-refractivity contribution >= 4 is 5.97 Å². The predicted molar refractivity (Wildman–Crippen MR) is 80.2 cm³/mol. The van der Waals surface area contributed by atoms with Crippen LogP contribution in [-0.4, -0.2) is 12.6 Å². The number of hydrogen-bond donors (Lipinski definition) is 0. The maximum Gasteiger partial charge on any atom is 0.311 e. The second kappa shape index (κ2) is 5.35. The van der Waals surface area contributed by atoms with E-state index in [9.17, 15) is 4.79 Å². The summed E-state index contributed by atoms with van der Waals surface area (Å²) >= 11 is 0. The van der Waals surface area contributed by atoms with E-state index >= 15 is 0 Å². The first kappa shape index (κ1) is 14.4. The van der Waals surface area contributed by atoms with Gasteiger partial charge in [0, 0.05) is 0 Å². The van der Waals surface area contributed by atoms with Crippen LogP contribution in [0.2, 0.25) is 0 Å². The highest BCUT2D eigenvalue weighted by Gasteiger charge is 2.47. The summed E-state index contributed by atoms with van der Waals surface area (Å²) in [5.41, 5.74) is -0.315. The Morgan fingerprint density at radius 1 is 1.05 bits per heavy atom. The molecule has 0 atom stereocenters. The van der Waals surface area contributed by atoms with E-state index in [1.54, 1.807) is 0 Å². The van der Waals surface area contributed by atoms with Crippen molar-refractivity contribution in [2.24, 2.45) is 35.0 Å². The fourth-order valence-electron chi connectivity index (χ4n) is 5.14. The van der Waals surface area contributed by atoms with E-state index in [4.69, 9.17) is 4.74 Å². The van der Waals surface area contributed by atoms with Crippen molar-refractivity contribution in [3.05, 3.63) is 0 Å². The first-order valence-corrected chi connectivity index (χ1v) is 8.66. The zero-order valence-electron chi connectivity index (χ0n) is 13.4. The minimum atomic E-state index is -0.315. The summed E-state index contributed by atoms with van der Waals surface area (Å²) in [5, 5.41) is 0. The van der Waals surface area contributed by atoms with Gasteiger partial charge in [-0.15, -0.1) is 0 Å². The van der Waals surface area contributed by atoms with Gasteiger partial charge in [0.25, 0.3) is 0 Å². The summed E-state index contributed by atoms with van der Waals surface area (Å²) in [6.07, 6.45) is 9.33. The van der Waals surface area contributed by atoms with Crippen LogP contribution in [0.15, 0.2) is 0 Å². The average Bonchev–Trinajstić information content (AvgIpc) is 2.40. The Morgan fingerprint density at radius 3 is 2.10 bits per heavy atom. The molecule has 0 N–H and O–H groups in total. The van der Waals surface area contributed by atoms with Gasteiger partial charge in [-0.25, -0.2) is 0 Å². The molecule has 0 unspecified atom stereocenters. The molecule has 4 aliphatic carbocycles. The molecule has 114 valence electrons. The van der Waals surface area contributed by atoms with E-state index in [1.165, 1.54) is 32.1 Å². The number of carbonyl (C=O) groups is 1. The lowest BCUT2D eigenvalue weighted by atomic mass is 9.51. The molecule has 20 heavy (non-hydrogen) atoms. The smallest absolute Gasteiger partial charge is 0.311 e. The normalized spacial score (nSPS) is 39.0. The standard InChI is InChI=1S/C18H30O2/c1-4-18(2,3)17(19)20-6-5-16-14-8-12-7-13(10-14)11-15(16)9-12/h12-16H,4-11H2,1-3H3. The first-order chi connectivity index (χ1) is 9.49. The highest BCUT2D eigenvalue weighted by atomic mass is 16.5. The number of rotatable bonds is 5. The molecule has 4 aliphatic rings. The van der Waals surface area contributed by atoms with E-state index in [0.717, 1.165) is 42.4 Å². The van der Waals surface area contributed by atoms with Crippen LogP contribution in [0.3, 0.4) is 0 Å². The van der Waals surface area contributed by atoms with Crippen LogP contribution in [0.1, 0.15) is 65.7 Å². The molecule has 0 heterocycles. The van der Waals surface area contributed by atoms with Gasteiger partial charge in [-0.2, -0.15) is 0 Å². The Balaban J connectivity index is 1.49. The summed E-state index contributed by atoms with van der Waals surface area (Å²) in [7, 11) is 0. The molecule has 0 aromatic carbocycles. The van der Waals surface area contributed by atoms with E-state index in [-0.39, 0.29) is 11.4 Å². The monoisotopic (exact) mass is 278 g/mol. The maximum absolute atomic E-state index is 12.0. The van der Waals surface area contributed by atoms with E-state index < -0.39 is 0 Å². The van der Waals surface area contributed by atoms with Crippen LogP contribution in [0.5, 0.6) is 0 Å². The van der Waals surface area contributed by atoms with Crippen LogP contribution in [-0.2, 0) is 9.53 Å². The zero-order chi connectivity index (χ0) is 14.3. The second-order valence-electron chi connectivity index (χ2n) is 8.26. The van der Waals surface area contributed by atoms with Gasteiger partial charge in [-0.1, -0.05) is 6.92 Å². The summed E-state index contributed by atoms with van der Waals surface area (Å²) in [5.74, 6) is 4.81. The number of carbonyl (C=O) groups excluding carboxylic acids is 1. The van der Waals surface area contributed by atoms with Crippen molar-refractivity contribution in [3.63, 3.8) is 0 Å². The Labute approximate surface area is 123 Å². The molecule has 0 aromatic heterocycles. The molecule has 0 spiro atoms. The van der Waals surface area contributed by atoms with Crippen LogP contribution >= 0.6 is 0 Å². The van der Waals surface area contributed by atoms with Crippen molar-refractivity contribution in [3.8, 4) is 0 Å². The van der Waals surface area contributed by atoms with Crippen LogP contribution in [0.4, 0.5) is 0 Å². The van der Waals surface area contributed by atoms with Gasteiger partial charge in [0.15, 0.2) is 0 Å². The van der Waals surface area contributed by atoms with Crippen molar-refractivity contribution < 1.29 is 9.53 Å². The summed E-state index contributed by atoms with van der Waals surface area (Å²) in [6.45, 7) is 6.67. The molecule has 0 saturated heterocycles. The molecule has 0 aromatic rings. The zero-order valence-corrected chi connectivity index (χ0v) is 13.4. The third-order valence-electron chi connectivity index (χ3n) is 6.54. The van der Waals surface area contributed by atoms with Gasteiger partial charge in [-0.3, -0.25) is 4.79 Å². The predicted octanol–water partition coefficient (Wildman–Crippen LogP) is 4.43. The molecular formula is C18H30O2. The topological polar surface area (TPSA) is 26.3 Å². The molecule has 4 fully saturated rings. The largest absolute Gasteiger partial charge is 0.465 e. The maximum atomic E-state index is 12.0. The van der Waals surface area contributed by atoms with Crippen LogP contribution in [0, 0.1) is 35.0 Å². The van der Waals surface area contributed by atoms with Crippen molar-refractivity contribution in [1.29, 1.82) is 0 Å². The lowest BCUT2D eigenvalue weighted by molar-refractivity contribution is -0.155. The van der Waals surface area contributed by atoms with Crippen molar-refractivity contribution in [2.45, 2.75) is 65.7 Å². The highest BCUT2D eigenvalue weighted by molar-refractivity contribution is 5.75. The lowest BCUT2D eigenvalue weighted by Crippen LogP contribution is -2.45. The molecule has 4 bridgehead atoms. The molecule has 2 nitrogen and oxygen atoms in total. The molecular weight excluding hydrogens is 248 g/mol. The van der Waals surface area contributed by atoms with Crippen LogP contribution in [0.25, 0.3) is 0 Å². The highest BCUT2D eigenvalue weighted by Crippen LogP contribution is 2.57. The van der Waals surface area contributed by atoms with Gasteiger partial charge in [0.05, 0.1) is 12.0 Å². The lowest BCUT2D eigenvalue weighted by Gasteiger charge is -2.54. The summed E-state index contributed by atoms with van der Waals surface area (Å²) in [4.78, 5) is 12.0. The van der Waals surface area contributed by atoms with Crippen molar-refractivity contribution in [2.75, 3.05) is 6.61 Å². The van der Waals surface area contributed by atoms with Crippen LogP contribution < -0.4 is 0 Å². The minimum absolute atomic E-state index is 0.0104. The van der Waals surface area contributed by atoms with E-state index in [2.05, 4.69) is 6.92 Å². The third kappa shape index (κ3) is 2.63. The molecule has 4 rings (SSSR count). The Bertz CT molecular complexity index is 344. The van der Waals surface area contributed by atoms with E-state index in [0.29, 0.717) is 6.61 Å². The number of hydrogen-bond acceptors (Lipinski definition) is 2. The SMILES string of the molecule is CCC(C)(C)C(=O)OCCC1C2CC3CC(C2)CC1C3. The Kier molecular flexibility index (Phi) is 3.85. The first-order valence-electron chi connectivity index (χ1n) is 8.66. The van der Waals surface area contributed by atoms with E-state index in [1.807, 2.05) is 13.8 Å². The molecule has 0 amide bonds. The molecule has 0 aliphatic heterocycles. The third-order valence-corrected chi connectivity index (χ3v) is 6.54. The molecule has 4 saturated carbocycles. The van der Waals surface area contributed by atoms with Gasteiger partial charge < -0.3 is 4.74 Å². The molecule has 0 radical (unpaired) electrons. The van der Waals surface area contributed by atoms with Gasteiger partial charge in [-0.05, 0) is 88.4 Å². The van der Waals surface area contributed by atoms with Crippen molar-refractivity contribution in [1.82, 2.24) is 0 Å². The van der Waals surface area contributed by atoms with Gasteiger partial charge in [0.1, 0.15) is 0 Å². The minimum Gasteiger partial charge on any atom is -0.465 e. The quantitative estimate of drug-likeness (QED) is 0.695. The van der Waals surface area contributed by atoms with Gasteiger partial charge >= 0.3 is 5.97 Å². The Morgan fingerprint density at radius 2 is 1.60 bits per heavy atom.